The average molecular weight is 545 g/mol. The minimum absolute atomic E-state index is 0.0778. The van der Waals surface area contributed by atoms with Gasteiger partial charge in [0.1, 0.15) is 24.8 Å². The van der Waals surface area contributed by atoms with Gasteiger partial charge < -0.3 is 39.8 Å². The van der Waals surface area contributed by atoms with Crippen molar-refractivity contribution in [3.05, 3.63) is 0 Å². The highest BCUT2D eigenvalue weighted by Gasteiger charge is 2.45. The molecule has 3 atom stereocenters. The molecule has 220 valence electrons. The van der Waals surface area contributed by atoms with E-state index < -0.39 is 41.4 Å². The molecule has 1 aliphatic rings. The maximum absolute atomic E-state index is 13.6. The molecule has 0 spiro atoms. The van der Waals surface area contributed by atoms with Crippen molar-refractivity contribution < 1.29 is 38.1 Å². The van der Waals surface area contributed by atoms with Gasteiger partial charge in [0.15, 0.2) is 0 Å². The number of ether oxygens (including phenoxy) is 4. The van der Waals surface area contributed by atoms with E-state index >= 15 is 0 Å². The number of likely N-dealkylation sites (tertiary alicyclic amines) is 1. The Labute approximate surface area is 226 Å². The number of carbonyl (C=O) groups is 4. The van der Waals surface area contributed by atoms with Crippen molar-refractivity contribution in [2.45, 2.75) is 79.1 Å². The number of hydrogen-bond acceptors (Lipinski definition) is 9. The molecule has 1 saturated heterocycles. The molecule has 0 saturated carbocycles. The molecule has 3 unspecified atom stereocenters. The summed E-state index contributed by atoms with van der Waals surface area (Å²) in [6, 6.07) is -1.28. The maximum Gasteiger partial charge on any atom is 0.302 e. The average Bonchev–Trinajstić information content (AvgIpc) is 3.23. The van der Waals surface area contributed by atoms with Gasteiger partial charge in [-0.05, 0) is 12.3 Å². The largest absolute Gasteiger partial charge is 0.461 e. The van der Waals surface area contributed by atoms with Crippen LogP contribution in [-0.2, 0) is 38.1 Å². The number of nitrogens with one attached hydrogen (secondary N) is 3. The fourth-order valence-corrected chi connectivity index (χ4v) is 3.94. The lowest BCUT2D eigenvalue weighted by Gasteiger charge is -2.35. The van der Waals surface area contributed by atoms with Gasteiger partial charge in [0.25, 0.3) is 0 Å². The van der Waals surface area contributed by atoms with Crippen LogP contribution in [0, 0.1) is 5.41 Å². The first kappa shape index (κ1) is 33.7. The van der Waals surface area contributed by atoms with Crippen molar-refractivity contribution in [3.63, 3.8) is 0 Å². The predicted molar refractivity (Wildman–Crippen MR) is 141 cm³/mol. The Morgan fingerprint density at radius 3 is 2.13 bits per heavy atom. The Hall–Kier alpha value is -2.28. The Morgan fingerprint density at radius 2 is 1.58 bits per heavy atom. The molecule has 0 radical (unpaired) electrons. The summed E-state index contributed by atoms with van der Waals surface area (Å²) in [4.78, 5) is 51.7. The number of amides is 3. The lowest BCUT2D eigenvalue weighted by atomic mass is 9.85. The van der Waals surface area contributed by atoms with Crippen LogP contribution in [0.25, 0.3) is 0 Å². The van der Waals surface area contributed by atoms with Crippen LogP contribution in [0.5, 0.6) is 0 Å². The minimum atomic E-state index is -0.912. The third kappa shape index (κ3) is 13.0. The Balaban J connectivity index is 2.54. The molecule has 1 rings (SSSR count). The standard InChI is InChI=1S/C26H48N4O8/c1-8-27-24(33)21-15-20(38-19(4)31)16-30(21)25(34)23(26(5,6)7)29-22(32)17-37-14-13-36-12-11-35-10-9-28-18(2)3/h18,20-21,23,28H,8-17H2,1-7H3,(H,27,33)(H,29,32). The molecule has 1 fully saturated rings. The summed E-state index contributed by atoms with van der Waals surface area (Å²) in [5.41, 5.74) is -0.647. The zero-order chi connectivity index (χ0) is 28.7. The molecule has 0 aliphatic carbocycles. The Kier molecular flexibility index (Phi) is 15.4. The molecule has 3 N–H and O–H groups in total. The van der Waals surface area contributed by atoms with Crippen LogP contribution in [-0.4, -0.2) is 112 Å². The van der Waals surface area contributed by atoms with E-state index in [2.05, 4.69) is 29.8 Å². The summed E-state index contributed by atoms with van der Waals surface area (Å²) >= 11 is 0. The summed E-state index contributed by atoms with van der Waals surface area (Å²) in [5.74, 6) is -1.67. The van der Waals surface area contributed by atoms with E-state index in [-0.39, 0.29) is 32.1 Å². The third-order valence-electron chi connectivity index (χ3n) is 5.73. The van der Waals surface area contributed by atoms with Gasteiger partial charge in [-0.1, -0.05) is 34.6 Å². The smallest absolute Gasteiger partial charge is 0.302 e. The van der Waals surface area contributed by atoms with E-state index in [1.54, 1.807) is 6.92 Å². The molecule has 0 aromatic rings. The summed E-state index contributed by atoms with van der Waals surface area (Å²) in [7, 11) is 0. The first-order chi connectivity index (χ1) is 17.9. The number of rotatable bonds is 17. The second kappa shape index (κ2) is 17.3. The fourth-order valence-electron chi connectivity index (χ4n) is 3.94. The van der Waals surface area contributed by atoms with Crippen molar-refractivity contribution in [1.82, 2.24) is 20.9 Å². The van der Waals surface area contributed by atoms with E-state index in [4.69, 9.17) is 18.9 Å². The summed E-state index contributed by atoms with van der Waals surface area (Å²) < 4.78 is 21.6. The molecular formula is C26H48N4O8. The van der Waals surface area contributed by atoms with Gasteiger partial charge >= 0.3 is 5.97 Å². The highest BCUT2D eigenvalue weighted by molar-refractivity contribution is 5.93. The van der Waals surface area contributed by atoms with E-state index in [0.717, 1.165) is 6.54 Å². The Bertz CT molecular complexity index is 756. The molecule has 12 heteroatoms. The van der Waals surface area contributed by atoms with Crippen molar-refractivity contribution in [2.75, 3.05) is 59.3 Å². The number of carbonyl (C=O) groups excluding carboxylic acids is 4. The van der Waals surface area contributed by atoms with Crippen molar-refractivity contribution in [3.8, 4) is 0 Å². The first-order valence-electron chi connectivity index (χ1n) is 13.4. The SMILES string of the molecule is CCNC(=O)C1CC(OC(C)=O)CN1C(=O)C(NC(=O)COCCOCCOCCNC(C)C)C(C)(C)C. The number of nitrogens with zero attached hydrogens (tertiary/aromatic N) is 1. The zero-order valence-electron chi connectivity index (χ0n) is 24.1. The van der Waals surface area contributed by atoms with Crippen LogP contribution in [0.3, 0.4) is 0 Å². The normalized spacial score (nSPS) is 18.4. The molecule has 3 amide bonds. The number of esters is 1. The van der Waals surface area contributed by atoms with Crippen LogP contribution in [0.1, 0.15) is 54.9 Å². The molecule has 0 bridgehead atoms. The predicted octanol–water partition coefficient (Wildman–Crippen LogP) is 0.234. The van der Waals surface area contributed by atoms with Gasteiger partial charge in [0, 0.05) is 32.5 Å². The van der Waals surface area contributed by atoms with Crippen LogP contribution >= 0.6 is 0 Å². The molecule has 0 aromatic heterocycles. The highest BCUT2D eigenvalue weighted by Crippen LogP contribution is 2.27. The van der Waals surface area contributed by atoms with Gasteiger partial charge in [-0.3, -0.25) is 19.2 Å². The highest BCUT2D eigenvalue weighted by atomic mass is 16.5. The van der Waals surface area contributed by atoms with Crippen LogP contribution in [0.2, 0.25) is 0 Å². The number of hydrogen-bond donors (Lipinski definition) is 3. The maximum atomic E-state index is 13.6. The summed E-state index contributed by atoms with van der Waals surface area (Å²) in [6.07, 6.45) is -0.392. The van der Waals surface area contributed by atoms with E-state index in [1.807, 2.05) is 20.8 Å². The van der Waals surface area contributed by atoms with Crippen LogP contribution in [0.4, 0.5) is 0 Å². The van der Waals surface area contributed by atoms with Gasteiger partial charge in [0.2, 0.25) is 17.7 Å². The molecule has 38 heavy (non-hydrogen) atoms. The second-order valence-corrected chi connectivity index (χ2v) is 10.6. The van der Waals surface area contributed by atoms with Gasteiger partial charge in [0.05, 0.1) is 39.6 Å². The lowest BCUT2D eigenvalue weighted by Crippen LogP contribution is -2.58. The quantitative estimate of drug-likeness (QED) is 0.173. The monoisotopic (exact) mass is 544 g/mol. The van der Waals surface area contributed by atoms with E-state index in [1.165, 1.54) is 11.8 Å². The first-order valence-corrected chi connectivity index (χ1v) is 13.4. The molecular weight excluding hydrogens is 496 g/mol. The van der Waals surface area contributed by atoms with Crippen molar-refractivity contribution in [1.29, 1.82) is 0 Å². The van der Waals surface area contributed by atoms with Crippen LogP contribution < -0.4 is 16.0 Å². The third-order valence-corrected chi connectivity index (χ3v) is 5.73. The molecule has 1 heterocycles. The minimum Gasteiger partial charge on any atom is -0.461 e. The molecule has 1 aliphatic heterocycles. The molecule has 12 nitrogen and oxygen atoms in total. The van der Waals surface area contributed by atoms with Crippen LogP contribution in [0.15, 0.2) is 0 Å². The van der Waals surface area contributed by atoms with Gasteiger partial charge in [-0.2, -0.15) is 0 Å². The van der Waals surface area contributed by atoms with Gasteiger partial charge in [-0.15, -0.1) is 0 Å². The zero-order valence-corrected chi connectivity index (χ0v) is 24.1. The second-order valence-electron chi connectivity index (χ2n) is 10.6. The summed E-state index contributed by atoms with van der Waals surface area (Å²) in [5, 5.41) is 8.74. The number of likely N-dealkylation sites (N-methyl/N-ethyl adjacent to an activating group) is 1. The van der Waals surface area contributed by atoms with Crippen molar-refractivity contribution >= 4 is 23.7 Å². The topological polar surface area (TPSA) is 145 Å². The molecule has 0 aromatic carbocycles. The van der Waals surface area contributed by atoms with Gasteiger partial charge in [-0.25, -0.2) is 0 Å². The fraction of sp³-hybridized carbons (Fsp3) is 0.846. The Morgan fingerprint density at radius 1 is 0.974 bits per heavy atom. The summed E-state index contributed by atoms with van der Waals surface area (Å²) in [6.45, 7) is 15.7. The van der Waals surface area contributed by atoms with E-state index in [0.29, 0.717) is 39.0 Å². The van der Waals surface area contributed by atoms with Crippen molar-refractivity contribution in [2.24, 2.45) is 5.41 Å². The van der Waals surface area contributed by atoms with E-state index in [9.17, 15) is 19.2 Å². The lowest BCUT2D eigenvalue weighted by molar-refractivity contribution is -0.147.